The highest BCUT2D eigenvalue weighted by atomic mass is 32.2. The van der Waals surface area contributed by atoms with Crippen LogP contribution in [0.1, 0.15) is 5.69 Å². The Kier molecular flexibility index (Phi) is 3.82. The van der Waals surface area contributed by atoms with Gasteiger partial charge in [0.25, 0.3) is 0 Å². The number of rotatable bonds is 5. The van der Waals surface area contributed by atoms with Crippen molar-refractivity contribution in [2.75, 3.05) is 11.5 Å². The maximum absolute atomic E-state index is 10.2. The average Bonchev–Trinajstić information content (AvgIpc) is 2.45. The third kappa shape index (κ3) is 3.50. The van der Waals surface area contributed by atoms with Gasteiger partial charge in [-0.15, -0.1) is 11.8 Å². The van der Waals surface area contributed by atoms with Crippen LogP contribution >= 0.6 is 11.8 Å². The number of aromatic nitrogens is 2. The van der Waals surface area contributed by atoms with Gasteiger partial charge in [0.15, 0.2) is 0 Å². The van der Waals surface area contributed by atoms with Crippen molar-refractivity contribution in [3.8, 4) is 0 Å². The lowest BCUT2D eigenvalue weighted by atomic mass is 10.3. The lowest BCUT2D eigenvalue weighted by Gasteiger charge is -2.00. The second-order valence-corrected chi connectivity index (χ2v) is 3.75. The summed E-state index contributed by atoms with van der Waals surface area (Å²) in [6, 6.07) is 1.95. The molecule has 0 saturated heterocycles. The molecule has 0 spiro atoms. The second-order valence-electron chi connectivity index (χ2n) is 2.64. The molecule has 1 aromatic heterocycles. The van der Waals surface area contributed by atoms with E-state index in [4.69, 9.17) is 5.11 Å². The molecule has 1 aromatic rings. The smallest absolute Gasteiger partial charge is 0.313 e. The van der Waals surface area contributed by atoms with Gasteiger partial charge in [-0.2, -0.15) is 5.10 Å². The van der Waals surface area contributed by atoms with Crippen LogP contribution in [-0.2, 0) is 18.3 Å². The molecule has 0 aliphatic carbocycles. The standard InChI is InChI=1S/C8H12N2O2S/c1-10-7(2-4-9-10)3-5-13-6-8(11)12/h2,4H,3,5-6H2,1H3,(H,11,12). The van der Waals surface area contributed by atoms with Crippen LogP contribution < -0.4 is 0 Å². The summed E-state index contributed by atoms with van der Waals surface area (Å²) in [5.41, 5.74) is 1.14. The lowest BCUT2D eigenvalue weighted by molar-refractivity contribution is -0.133. The third-order valence-corrected chi connectivity index (χ3v) is 2.59. The quantitative estimate of drug-likeness (QED) is 0.714. The zero-order valence-corrected chi connectivity index (χ0v) is 8.25. The van der Waals surface area contributed by atoms with E-state index in [2.05, 4.69) is 5.10 Å². The Hall–Kier alpha value is -0.970. The number of carboxylic acid groups (broad SMARTS) is 1. The van der Waals surface area contributed by atoms with Gasteiger partial charge < -0.3 is 5.11 Å². The number of hydrogen-bond donors (Lipinski definition) is 1. The van der Waals surface area contributed by atoms with Gasteiger partial charge in [-0.25, -0.2) is 0 Å². The minimum atomic E-state index is -0.755. The predicted octanol–water partition coefficient (Wildman–Crippen LogP) is 0.780. The molecule has 72 valence electrons. The van der Waals surface area contributed by atoms with Crippen molar-refractivity contribution in [1.82, 2.24) is 9.78 Å². The van der Waals surface area contributed by atoms with Gasteiger partial charge >= 0.3 is 5.97 Å². The largest absolute Gasteiger partial charge is 0.481 e. The highest BCUT2D eigenvalue weighted by Gasteiger charge is 2.00. The zero-order chi connectivity index (χ0) is 9.68. The molecule has 0 aromatic carbocycles. The molecule has 1 rings (SSSR count). The van der Waals surface area contributed by atoms with E-state index in [9.17, 15) is 4.79 Å². The molecular formula is C8H12N2O2S. The number of aliphatic carboxylic acids is 1. The normalized spacial score (nSPS) is 10.2. The maximum atomic E-state index is 10.2. The van der Waals surface area contributed by atoms with Crippen molar-refractivity contribution in [2.24, 2.45) is 7.05 Å². The minimum Gasteiger partial charge on any atom is -0.481 e. The molecule has 1 N–H and O–H groups in total. The fraction of sp³-hybridized carbons (Fsp3) is 0.500. The Morgan fingerprint density at radius 1 is 1.77 bits per heavy atom. The molecule has 0 amide bonds. The van der Waals surface area contributed by atoms with E-state index in [-0.39, 0.29) is 5.75 Å². The summed E-state index contributed by atoms with van der Waals surface area (Å²) < 4.78 is 1.81. The summed E-state index contributed by atoms with van der Waals surface area (Å²) in [5, 5.41) is 12.4. The van der Waals surface area contributed by atoms with Crippen LogP contribution in [0.3, 0.4) is 0 Å². The molecule has 0 unspecified atom stereocenters. The van der Waals surface area contributed by atoms with Crippen molar-refractivity contribution < 1.29 is 9.90 Å². The van der Waals surface area contributed by atoms with E-state index < -0.39 is 5.97 Å². The summed E-state index contributed by atoms with van der Waals surface area (Å²) in [5.74, 6) is 0.249. The Morgan fingerprint density at radius 3 is 3.08 bits per heavy atom. The van der Waals surface area contributed by atoms with Gasteiger partial charge in [0.05, 0.1) is 5.75 Å². The van der Waals surface area contributed by atoms with Gasteiger partial charge in [0, 0.05) is 18.9 Å². The molecule has 0 bridgehead atoms. The Balaban J connectivity index is 2.20. The van der Waals surface area contributed by atoms with Crippen LogP contribution in [0.2, 0.25) is 0 Å². The Labute approximate surface area is 80.9 Å². The molecule has 0 saturated carbocycles. The van der Waals surface area contributed by atoms with E-state index in [1.54, 1.807) is 10.9 Å². The van der Waals surface area contributed by atoms with Crippen molar-refractivity contribution in [1.29, 1.82) is 0 Å². The number of nitrogens with zero attached hydrogens (tertiary/aromatic N) is 2. The Morgan fingerprint density at radius 2 is 2.54 bits per heavy atom. The van der Waals surface area contributed by atoms with Crippen LogP contribution in [0.15, 0.2) is 12.3 Å². The predicted molar refractivity (Wildman–Crippen MR) is 51.9 cm³/mol. The summed E-state index contributed by atoms with van der Waals surface area (Å²) in [4.78, 5) is 10.2. The molecule has 0 fully saturated rings. The number of aryl methyl sites for hydroxylation is 2. The topological polar surface area (TPSA) is 55.1 Å². The van der Waals surface area contributed by atoms with E-state index in [1.165, 1.54) is 11.8 Å². The Bertz CT molecular complexity index is 285. The van der Waals surface area contributed by atoms with Crippen molar-refractivity contribution >= 4 is 17.7 Å². The average molecular weight is 200 g/mol. The zero-order valence-electron chi connectivity index (χ0n) is 7.43. The molecule has 4 nitrogen and oxygen atoms in total. The molecule has 0 aliphatic heterocycles. The first-order valence-electron chi connectivity index (χ1n) is 3.96. The SMILES string of the molecule is Cn1nccc1CCSCC(=O)O. The van der Waals surface area contributed by atoms with E-state index >= 15 is 0 Å². The van der Waals surface area contributed by atoms with Gasteiger partial charge in [0.2, 0.25) is 0 Å². The number of hydrogen-bond acceptors (Lipinski definition) is 3. The fourth-order valence-corrected chi connectivity index (χ4v) is 1.66. The molecular weight excluding hydrogens is 188 g/mol. The molecule has 0 radical (unpaired) electrons. The molecule has 0 aliphatic rings. The first kappa shape index (κ1) is 10.1. The summed E-state index contributed by atoms with van der Waals surface area (Å²) in [6.07, 6.45) is 2.62. The first-order valence-corrected chi connectivity index (χ1v) is 5.12. The van der Waals surface area contributed by atoms with Crippen LogP contribution in [-0.4, -0.2) is 32.4 Å². The number of carboxylic acids is 1. The lowest BCUT2D eigenvalue weighted by Crippen LogP contribution is -2.02. The monoisotopic (exact) mass is 200 g/mol. The number of thioether (sulfide) groups is 1. The highest BCUT2D eigenvalue weighted by Crippen LogP contribution is 2.05. The van der Waals surface area contributed by atoms with Gasteiger partial charge in [-0.1, -0.05) is 0 Å². The van der Waals surface area contributed by atoms with Crippen molar-refractivity contribution in [3.63, 3.8) is 0 Å². The maximum Gasteiger partial charge on any atom is 0.313 e. The molecule has 0 atom stereocenters. The molecule has 5 heteroatoms. The second kappa shape index (κ2) is 4.91. The molecule has 1 heterocycles. The van der Waals surface area contributed by atoms with E-state index in [0.29, 0.717) is 0 Å². The van der Waals surface area contributed by atoms with Crippen molar-refractivity contribution in [3.05, 3.63) is 18.0 Å². The van der Waals surface area contributed by atoms with Crippen molar-refractivity contribution in [2.45, 2.75) is 6.42 Å². The summed E-state index contributed by atoms with van der Waals surface area (Å²) in [6.45, 7) is 0. The van der Waals surface area contributed by atoms with Crippen LogP contribution in [0.25, 0.3) is 0 Å². The minimum absolute atomic E-state index is 0.178. The number of carbonyl (C=O) groups is 1. The summed E-state index contributed by atoms with van der Waals surface area (Å²) in [7, 11) is 1.89. The third-order valence-electron chi connectivity index (χ3n) is 1.65. The van der Waals surface area contributed by atoms with E-state index in [0.717, 1.165) is 17.9 Å². The first-order chi connectivity index (χ1) is 6.20. The fourth-order valence-electron chi connectivity index (χ4n) is 0.983. The van der Waals surface area contributed by atoms with Gasteiger partial charge in [0.1, 0.15) is 0 Å². The van der Waals surface area contributed by atoms with E-state index in [1.807, 2.05) is 13.1 Å². The van der Waals surface area contributed by atoms with Gasteiger partial charge in [-0.3, -0.25) is 9.48 Å². The van der Waals surface area contributed by atoms with Crippen LogP contribution in [0.4, 0.5) is 0 Å². The summed E-state index contributed by atoms with van der Waals surface area (Å²) >= 11 is 1.43. The molecule has 13 heavy (non-hydrogen) atoms. The van der Waals surface area contributed by atoms with Gasteiger partial charge in [-0.05, 0) is 18.2 Å². The highest BCUT2D eigenvalue weighted by molar-refractivity contribution is 7.99. The van der Waals surface area contributed by atoms with Crippen LogP contribution in [0, 0.1) is 0 Å². The van der Waals surface area contributed by atoms with Crippen LogP contribution in [0.5, 0.6) is 0 Å².